The van der Waals surface area contributed by atoms with Gasteiger partial charge in [0.1, 0.15) is 17.3 Å². The summed E-state index contributed by atoms with van der Waals surface area (Å²) in [5.41, 5.74) is 14.6. The Hall–Kier alpha value is -5.16. The highest BCUT2D eigenvalue weighted by Crippen LogP contribution is 2.40. The van der Waals surface area contributed by atoms with Gasteiger partial charge < -0.3 is 4.74 Å². The largest absolute Gasteiger partial charge is 0.457 e. The van der Waals surface area contributed by atoms with Crippen LogP contribution in [0, 0.1) is 38.5 Å². The molecule has 0 amide bonds. The Morgan fingerprint density at radius 3 is 1.98 bits per heavy atom. The zero-order valence-corrected chi connectivity index (χ0v) is 33.3. The Kier molecular flexibility index (Phi) is 9.57. The Bertz CT molecular complexity index is 2400. The zero-order valence-electron chi connectivity index (χ0n) is 33.3. The molecule has 0 saturated heterocycles. The van der Waals surface area contributed by atoms with Crippen LogP contribution in [-0.4, -0.2) is 19.3 Å². The third-order valence-corrected chi connectivity index (χ3v) is 10.8. The van der Waals surface area contributed by atoms with Crippen LogP contribution in [0.25, 0.3) is 44.4 Å². The van der Waals surface area contributed by atoms with E-state index in [-0.39, 0.29) is 10.8 Å². The molecular weight excluding hydrogens is 649 g/mol. The Morgan fingerprint density at radius 2 is 1.30 bits per heavy atom. The summed E-state index contributed by atoms with van der Waals surface area (Å²) in [4.78, 5) is 4.74. The SMILES string of the molecule is Cc1ccnc(-n2c3ccccc3c3ccc(Oc4cccc(-n5cc(-c6c(CCC(C)(C)C)c(C)c(C)c(C)c6CCC(C)(C)C)cn5)c4)cc32)c1. The molecule has 3 aromatic heterocycles. The lowest BCUT2D eigenvalue weighted by Crippen LogP contribution is -2.12. The van der Waals surface area contributed by atoms with Crippen LogP contribution in [0.3, 0.4) is 0 Å². The normalized spacial score (nSPS) is 12.3. The van der Waals surface area contributed by atoms with Crippen LogP contribution in [0.15, 0.2) is 97.5 Å². The van der Waals surface area contributed by atoms with Crippen molar-refractivity contribution >= 4 is 21.8 Å². The van der Waals surface area contributed by atoms with Crippen LogP contribution >= 0.6 is 0 Å². The van der Waals surface area contributed by atoms with E-state index in [2.05, 4.69) is 147 Å². The maximum Gasteiger partial charge on any atom is 0.137 e. The zero-order chi connectivity index (χ0) is 37.7. The van der Waals surface area contributed by atoms with Gasteiger partial charge >= 0.3 is 0 Å². The molecule has 7 rings (SSSR count). The van der Waals surface area contributed by atoms with E-state index in [1.165, 1.54) is 55.3 Å². The molecule has 53 heavy (non-hydrogen) atoms. The molecule has 0 radical (unpaired) electrons. The summed E-state index contributed by atoms with van der Waals surface area (Å²) in [5.74, 6) is 2.42. The van der Waals surface area contributed by atoms with Crippen molar-refractivity contribution in [3.05, 3.63) is 131 Å². The van der Waals surface area contributed by atoms with Crippen LogP contribution in [-0.2, 0) is 12.8 Å². The summed E-state index contributed by atoms with van der Waals surface area (Å²) >= 11 is 0. The second-order valence-electron chi connectivity index (χ2n) is 17.3. The second kappa shape index (κ2) is 14.0. The number of hydrogen-bond acceptors (Lipinski definition) is 3. The van der Waals surface area contributed by atoms with Gasteiger partial charge in [-0.1, -0.05) is 65.8 Å². The summed E-state index contributed by atoms with van der Waals surface area (Å²) in [6, 6.07) is 27.2. The van der Waals surface area contributed by atoms with Gasteiger partial charge in [-0.3, -0.25) is 4.57 Å². The molecule has 0 saturated carbocycles. The molecule has 4 aromatic carbocycles. The van der Waals surface area contributed by atoms with E-state index in [0.717, 1.165) is 59.7 Å². The maximum atomic E-state index is 6.59. The lowest BCUT2D eigenvalue weighted by atomic mass is 9.78. The summed E-state index contributed by atoms with van der Waals surface area (Å²) in [6.45, 7) is 23.1. The van der Waals surface area contributed by atoms with E-state index >= 15 is 0 Å². The molecule has 0 unspecified atom stereocenters. The van der Waals surface area contributed by atoms with Gasteiger partial charge in [0.15, 0.2) is 0 Å². The second-order valence-corrected chi connectivity index (χ2v) is 17.3. The van der Waals surface area contributed by atoms with Gasteiger partial charge in [0.25, 0.3) is 0 Å². The molecule has 0 atom stereocenters. The molecule has 3 heterocycles. The summed E-state index contributed by atoms with van der Waals surface area (Å²) in [6.07, 6.45) is 10.5. The molecule has 7 aromatic rings. The van der Waals surface area contributed by atoms with Gasteiger partial charge in [0.2, 0.25) is 0 Å². The highest BCUT2D eigenvalue weighted by molar-refractivity contribution is 6.09. The summed E-state index contributed by atoms with van der Waals surface area (Å²) < 4.78 is 10.8. The average Bonchev–Trinajstić information content (AvgIpc) is 3.72. The van der Waals surface area contributed by atoms with E-state index in [1.807, 2.05) is 29.1 Å². The van der Waals surface area contributed by atoms with Crippen molar-refractivity contribution in [1.29, 1.82) is 0 Å². The molecule has 0 fully saturated rings. The van der Waals surface area contributed by atoms with E-state index in [4.69, 9.17) is 14.8 Å². The first kappa shape index (κ1) is 36.2. The molecule has 0 N–H and O–H groups in total. The summed E-state index contributed by atoms with van der Waals surface area (Å²) in [7, 11) is 0. The molecule has 5 heteroatoms. The fourth-order valence-electron chi connectivity index (χ4n) is 7.59. The fraction of sp³-hybridized carbons (Fsp3) is 0.333. The van der Waals surface area contributed by atoms with Crippen LogP contribution in [0.1, 0.15) is 87.8 Å². The minimum atomic E-state index is 0.247. The third-order valence-electron chi connectivity index (χ3n) is 10.8. The van der Waals surface area contributed by atoms with Crippen molar-refractivity contribution < 1.29 is 4.74 Å². The highest BCUT2D eigenvalue weighted by Gasteiger charge is 2.24. The minimum Gasteiger partial charge on any atom is -0.457 e. The van der Waals surface area contributed by atoms with Gasteiger partial charge in [-0.2, -0.15) is 5.10 Å². The van der Waals surface area contributed by atoms with Crippen molar-refractivity contribution in [1.82, 2.24) is 19.3 Å². The molecule has 5 nitrogen and oxygen atoms in total. The Labute approximate surface area is 315 Å². The molecule has 0 spiro atoms. The standard InChI is InChI=1S/C48H54N4O/c1-31-22-25-49-45(26-31)52-43-17-12-11-16-41(43)42-19-18-38(28-44(42)52)53-37-15-13-14-36(27-37)51-30-35(29-50-51)46-39(20-23-47(5,6)7)33(3)32(2)34(4)40(46)21-24-48(8,9)10/h11-19,22,25-30H,20-21,23-24H2,1-10H3. The van der Waals surface area contributed by atoms with Gasteiger partial charge in [-0.15, -0.1) is 0 Å². The first-order chi connectivity index (χ1) is 25.2. The monoisotopic (exact) mass is 702 g/mol. The molecule has 0 bridgehead atoms. The highest BCUT2D eigenvalue weighted by atomic mass is 16.5. The van der Waals surface area contributed by atoms with Crippen molar-refractivity contribution in [2.75, 3.05) is 0 Å². The molecule has 0 aliphatic heterocycles. The smallest absolute Gasteiger partial charge is 0.137 e. The van der Waals surface area contributed by atoms with Gasteiger partial charge in [0.05, 0.1) is 22.9 Å². The lowest BCUT2D eigenvalue weighted by Gasteiger charge is -2.26. The lowest BCUT2D eigenvalue weighted by molar-refractivity contribution is 0.376. The number of aryl methyl sites for hydroxylation is 1. The average molecular weight is 703 g/mol. The topological polar surface area (TPSA) is 44.9 Å². The number of pyridine rings is 1. The summed E-state index contributed by atoms with van der Waals surface area (Å²) in [5, 5.41) is 7.32. The maximum absolute atomic E-state index is 6.59. The molecule has 0 aliphatic rings. The van der Waals surface area contributed by atoms with E-state index < -0.39 is 0 Å². The molecule has 0 aliphatic carbocycles. The number of benzene rings is 4. The van der Waals surface area contributed by atoms with Gasteiger partial charge in [-0.25, -0.2) is 9.67 Å². The van der Waals surface area contributed by atoms with Gasteiger partial charge in [-0.05, 0) is 146 Å². The van der Waals surface area contributed by atoms with Crippen LogP contribution in [0.4, 0.5) is 0 Å². The van der Waals surface area contributed by atoms with Crippen LogP contribution < -0.4 is 4.74 Å². The Balaban J connectivity index is 1.25. The van der Waals surface area contributed by atoms with Crippen LogP contribution in [0.5, 0.6) is 11.5 Å². The molecular formula is C48H54N4O. The first-order valence-electron chi connectivity index (χ1n) is 19.1. The number of hydrogen-bond donors (Lipinski definition) is 0. The fourth-order valence-corrected chi connectivity index (χ4v) is 7.59. The van der Waals surface area contributed by atoms with Crippen molar-refractivity contribution in [2.24, 2.45) is 10.8 Å². The van der Waals surface area contributed by atoms with Crippen LogP contribution in [0.2, 0.25) is 0 Å². The minimum absolute atomic E-state index is 0.247. The Morgan fingerprint density at radius 1 is 0.642 bits per heavy atom. The van der Waals surface area contributed by atoms with Crippen molar-refractivity contribution in [3.8, 4) is 34.1 Å². The number of para-hydroxylation sites is 1. The molecule has 272 valence electrons. The van der Waals surface area contributed by atoms with Crippen molar-refractivity contribution in [3.63, 3.8) is 0 Å². The number of fused-ring (bicyclic) bond motifs is 3. The predicted molar refractivity (Wildman–Crippen MR) is 222 cm³/mol. The third kappa shape index (κ3) is 7.53. The van der Waals surface area contributed by atoms with Crippen molar-refractivity contribution in [2.45, 2.75) is 94.9 Å². The van der Waals surface area contributed by atoms with E-state index in [0.29, 0.717) is 0 Å². The van der Waals surface area contributed by atoms with E-state index in [9.17, 15) is 0 Å². The quantitative estimate of drug-likeness (QED) is 0.150. The van der Waals surface area contributed by atoms with Gasteiger partial charge in [0, 0.05) is 40.9 Å². The number of nitrogens with zero attached hydrogens (tertiary/aromatic N) is 4. The number of ether oxygens (including phenoxy) is 1. The number of rotatable bonds is 9. The van der Waals surface area contributed by atoms with E-state index in [1.54, 1.807) is 0 Å². The predicted octanol–water partition coefficient (Wildman–Crippen LogP) is 13.0. The number of aromatic nitrogens is 4. The first-order valence-corrected chi connectivity index (χ1v) is 19.1.